The highest BCUT2D eigenvalue weighted by atomic mass is 79.9. The van der Waals surface area contributed by atoms with Crippen LogP contribution in [0.1, 0.15) is 12.5 Å². The third-order valence-corrected chi connectivity index (χ3v) is 3.34. The first-order chi connectivity index (χ1) is 10.9. The standard InChI is InChI=1S/C17H14BrFN2O2/c1-11(22)20-14-4-6-15(7-5-14)21-17(23)9-2-12-10-13(18)3-8-16(12)19/h2-10H,1H3,(H,20,22)(H,21,23)/b9-2+. The first-order valence-corrected chi connectivity index (χ1v) is 7.55. The summed E-state index contributed by atoms with van der Waals surface area (Å²) in [6.07, 6.45) is 2.66. The van der Waals surface area contributed by atoms with Gasteiger partial charge in [0.25, 0.3) is 0 Å². The first-order valence-electron chi connectivity index (χ1n) is 6.76. The zero-order valence-electron chi connectivity index (χ0n) is 12.3. The van der Waals surface area contributed by atoms with Gasteiger partial charge in [-0.25, -0.2) is 4.39 Å². The third-order valence-electron chi connectivity index (χ3n) is 2.85. The van der Waals surface area contributed by atoms with Crippen molar-refractivity contribution in [2.45, 2.75) is 6.92 Å². The predicted molar refractivity (Wildman–Crippen MR) is 92.5 cm³/mol. The van der Waals surface area contributed by atoms with Crippen LogP contribution in [0, 0.1) is 5.82 Å². The van der Waals surface area contributed by atoms with Gasteiger partial charge in [-0.15, -0.1) is 0 Å². The van der Waals surface area contributed by atoms with Crippen LogP contribution in [0.4, 0.5) is 15.8 Å². The van der Waals surface area contributed by atoms with Crippen molar-refractivity contribution in [3.05, 3.63) is 64.4 Å². The molecule has 2 N–H and O–H groups in total. The fraction of sp³-hybridized carbons (Fsp3) is 0.0588. The van der Waals surface area contributed by atoms with Gasteiger partial charge in [0, 0.05) is 34.4 Å². The summed E-state index contributed by atoms with van der Waals surface area (Å²) in [4.78, 5) is 22.8. The summed E-state index contributed by atoms with van der Waals surface area (Å²) < 4.78 is 14.3. The average Bonchev–Trinajstić information content (AvgIpc) is 2.50. The van der Waals surface area contributed by atoms with Crippen LogP contribution in [0.2, 0.25) is 0 Å². The van der Waals surface area contributed by atoms with Crippen LogP contribution in [0.15, 0.2) is 53.0 Å². The number of anilines is 2. The van der Waals surface area contributed by atoms with Crippen LogP contribution in [0.5, 0.6) is 0 Å². The van der Waals surface area contributed by atoms with Gasteiger partial charge >= 0.3 is 0 Å². The number of halogens is 2. The molecule has 0 radical (unpaired) electrons. The van der Waals surface area contributed by atoms with E-state index in [1.165, 1.54) is 25.1 Å². The Kier molecular flexibility index (Phi) is 5.65. The molecule has 0 aliphatic rings. The number of carbonyl (C=O) groups excluding carboxylic acids is 2. The maximum Gasteiger partial charge on any atom is 0.248 e. The van der Waals surface area contributed by atoms with E-state index in [9.17, 15) is 14.0 Å². The molecular formula is C17H14BrFN2O2. The molecule has 0 atom stereocenters. The van der Waals surface area contributed by atoms with Crippen molar-refractivity contribution in [3.63, 3.8) is 0 Å². The van der Waals surface area contributed by atoms with Gasteiger partial charge in [-0.2, -0.15) is 0 Å². The van der Waals surface area contributed by atoms with Gasteiger partial charge in [-0.05, 0) is 48.5 Å². The first kappa shape index (κ1) is 16.9. The lowest BCUT2D eigenvalue weighted by atomic mass is 10.2. The Morgan fingerprint density at radius 1 is 1.04 bits per heavy atom. The summed E-state index contributed by atoms with van der Waals surface area (Å²) in [7, 11) is 0. The molecule has 0 aliphatic heterocycles. The quantitative estimate of drug-likeness (QED) is 0.785. The molecule has 6 heteroatoms. The zero-order chi connectivity index (χ0) is 16.8. The lowest BCUT2D eigenvalue weighted by Crippen LogP contribution is -2.08. The van der Waals surface area contributed by atoms with E-state index in [-0.39, 0.29) is 11.8 Å². The summed E-state index contributed by atoms with van der Waals surface area (Å²) in [5, 5.41) is 5.29. The molecule has 0 unspecified atom stereocenters. The molecule has 2 rings (SSSR count). The number of rotatable bonds is 4. The van der Waals surface area contributed by atoms with Gasteiger partial charge in [0.2, 0.25) is 11.8 Å². The average molecular weight is 377 g/mol. The largest absolute Gasteiger partial charge is 0.326 e. The Morgan fingerprint density at radius 2 is 1.65 bits per heavy atom. The highest BCUT2D eigenvalue weighted by molar-refractivity contribution is 9.10. The van der Waals surface area contributed by atoms with Crippen LogP contribution < -0.4 is 10.6 Å². The Balaban J connectivity index is 2.00. The molecule has 0 spiro atoms. The van der Waals surface area contributed by atoms with Crippen LogP contribution in [0.3, 0.4) is 0 Å². The smallest absolute Gasteiger partial charge is 0.248 e. The number of hydrogen-bond acceptors (Lipinski definition) is 2. The van der Waals surface area contributed by atoms with Gasteiger partial charge in [-0.1, -0.05) is 15.9 Å². The van der Waals surface area contributed by atoms with E-state index in [2.05, 4.69) is 26.6 Å². The molecule has 0 bridgehead atoms. The van der Waals surface area contributed by atoms with Crippen molar-refractivity contribution in [2.75, 3.05) is 10.6 Å². The van der Waals surface area contributed by atoms with Crippen LogP contribution in [0.25, 0.3) is 6.08 Å². The van der Waals surface area contributed by atoms with Gasteiger partial charge in [0.05, 0.1) is 0 Å². The number of carbonyl (C=O) groups is 2. The van der Waals surface area contributed by atoms with Gasteiger partial charge < -0.3 is 10.6 Å². The van der Waals surface area contributed by atoms with E-state index in [0.717, 1.165) is 4.47 Å². The van der Waals surface area contributed by atoms with Gasteiger partial charge in [0.15, 0.2) is 0 Å². The second-order valence-electron chi connectivity index (χ2n) is 4.75. The Bertz CT molecular complexity index is 758. The summed E-state index contributed by atoms with van der Waals surface area (Å²) in [6, 6.07) is 11.2. The van der Waals surface area contributed by atoms with E-state index in [4.69, 9.17) is 0 Å². The molecule has 0 saturated heterocycles. The van der Waals surface area contributed by atoms with Crippen molar-refractivity contribution in [2.24, 2.45) is 0 Å². The van der Waals surface area contributed by atoms with Gasteiger partial charge in [0.1, 0.15) is 5.82 Å². The third kappa shape index (κ3) is 5.34. The number of amides is 2. The molecule has 0 aromatic heterocycles. The predicted octanol–water partition coefficient (Wildman–Crippen LogP) is 4.20. The van der Waals surface area contributed by atoms with Crippen LogP contribution in [-0.4, -0.2) is 11.8 Å². The summed E-state index contributed by atoms with van der Waals surface area (Å²) in [5.74, 6) is -0.950. The molecule has 2 amide bonds. The normalized spacial score (nSPS) is 10.6. The lowest BCUT2D eigenvalue weighted by molar-refractivity contribution is -0.114. The monoisotopic (exact) mass is 376 g/mol. The molecule has 0 heterocycles. The van der Waals surface area contributed by atoms with E-state index in [1.54, 1.807) is 36.4 Å². The minimum atomic E-state index is -0.406. The van der Waals surface area contributed by atoms with Crippen molar-refractivity contribution in [1.29, 1.82) is 0 Å². The van der Waals surface area contributed by atoms with Crippen molar-refractivity contribution in [3.8, 4) is 0 Å². The number of nitrogens with one attached hydrogen (secondary N) is 2. The molecule has 0 fully saturated rings. The van der Waals surface area contributed by atoms with E-state index in [1.807, 2.05) is 0 Å². The maximum absolute atomic E-state index is 13.6. The van der Waals surface area contributed by atoms with Crippen molar-refractivity contribution in [1.82, 2.24) is 0 Å². The zero-order valence-corrected chi connectivity index (χ0v) is 13.9. The Labute approximate surface area is 141 Å². The van der Waals surface area contributed by atoms with Gasteiger partial charge in [-0.3, -0.25) is 9.59 Å². The highest BCUT2D eigenvalue weighted by Gasteiger charge is 2.02. The van der Waals surface area contributed by atoms with Crippen LogP contribution >= 0.6 is 15.9 Å². The van der Waals surface area contributed by atoms with Crippen molar-refractivity contribution < 1.29 is 14.0 Å². The number of hydrogen-bond donors (Lipinski definition) is 2. The summed E-state index contributed by atoms with van der Waals surface area (Å²) >= 11 is 3.25. The second kappa shape index (κ2) is 7.69. The second-order valence-corrected chi connectivity index (χ2v) is 5.66. The SMILES string of the molecule is CC(=O)Nc1ccc(NC(=O)/C=C/c2cc(Br)ccc2F)cc1. The fourth-order valence-electron chi connectivity index (χ4n) is 1.83. The highest BCUT2D eigenvalue weighted by Crippen LogP contribution is 2.17. The summed E-state index contributed by atoms with van der Waals surface area (Å²) in [5.41, 5.74) is 1.53. The molecule has 4 nitrogen and oxygen atoms in total. The minimum Gasteiger partial charge on any atom is -0.326 e. The fourth-order valence-corrected chi connectivity index (χ4v) is 2.21. The topological polar surface area (TPSA) is 58.2 Å². The van der Waals surface area contributed by atoms with E-state index in [0.29, 0.717) is 16.9 Å². The molecule has 0 saturated carbocycles. The van der Waals surface area contributed by atoms with Crippen LogP contribution in [-0.2, 0) is 9.59 Å². The van der Waals surface area contributed by atoms with Crippen molar-refractivity contribution >= 4 is 45.2 Å². The lowest BCUT2D eigenvalue weighted by Gasteiger charge is -2.05. The molecule has 23 heavy (non-hydrogen) atoms. The summed E-state index contributed by atoms with van der Waals surface area (Å²) in [6.45, 7) is 1.42. The molecular weight excluding hydrogens is 363 g/mol. The number of benzene rings is 2. The molecule has 0 aliphatic carbocycles. The Hall–Kier alpha value is -2.47. The van der Waals surface area contributed by atoms with E-state index >= 15 is 0 Å². The molecule has 118 valence electrons. The molecule has 2 aromatic rings. The van der Waals surface area contributed by atoms with E-state index < -0.39 is 5.82 Å². The Morgan fingerprint density at radius 3 is 2.26 bits per heavy atom. The maximum atomic E-state index is 13.6. The molecule has 2 aromatic carbocycles. The minimum absolute atomic E-state index is 0.166.